The molecule has 1 fully saturated rings. The standard InChI is InChI=1S/C15H20BrNO2/c1-19-11-8-15(18)17-9-6-12(7-10-17)13-4-2-3-5-14(13)16/h2-5,12H,6-11H2,1H3. The van der Waals surface area contributed by atoms with Crippen molar-refractivity contribution in [3.63, 3.8) is 0 Å². The highest BCUT2D eigenvalue weighted by Gasteiger charge is 2.24. The number of carbonyl (C=O) groups excluding carboxylic acids is 1. The summed E-state index contributed by atoms with van der Waals surface area (Å²) in [6, 6.07) is 8.38. The molecule has 1 aromatic carbocycles. The second-order valence-corrected chi connectivity index (χ2v) is 5.77. The summed E-state index contributed by atoms with van der Waals surface area (Å²) in [5.41, 5.74) is 1.37. The Morgan fingerprint density at radius 3 is 2.68 bits per heavy atom. The highest BCUT2D eigenvalue weighted by molar-refractivity contribution is 9.10. The van der Waals surface area contributed by atoms with E-state index in [1.54, 1.807) is 7.11 Å². The summed E-state index contributed by atoms with van der Waals surface area (Å²) in [7, 11) is 1.63. The van der Waals surface area contributed by atoms with Gasteiger partial charge in [0, 0.05) is 24.7 Å². The number of nitrogens with zero attached hydrogens (tertiary/aromatic N) is 1. The number of benzene rings is 1. The summed E-state index contributed by atoms with van der Waals surface area (Å²) in [5.74, 6) is 0.773. The van der Waals surface area contributed by atoms with Gasteiger partial charge in [-0.1, -0.05) is 34.1 Å². The minimum Gasteiger partial charge on any atom is -0.384 e. The molecule has 2 rings (SSSR count). The van der Waals surface area contributed by atoms with E-state index in [-0.39, 0.29) is 5.91 Å². The van der Waals surface area contributed by atoms with Crippen LogP contribution in [0.5, 0.6) is 0 Å². The molecule has 3 nitrogen and oxygen atoms in total. The average molecular weight is 326 g/mol. The van der Waals surface area contributed by atoms with Gasteiger partial charge in [0.15, 0.2) is 0 Å². The fourth-order valence-electron chi connectivity index (χ4n) is 2.59. The van der Waals surface area contributed by atoms with E-state index in [2.05, 4.69) is 34.1 Å². The number of amides is 1. The lowest BCUT2D eigenvalue weighted by atomic mass is 9.89. The quantitative estimate of drug-likeness (QED) is 0.850. The van der Waals surface area contributed by atoms with E-state index >= 15 is 0 Å². The normalized spacial score (nSPS) is 16.6. The van der Waals surface area contributed by atoms with Gasteiger partial charge in [0.1, 0.15) is 0 Å². The molecule has 19 heavy (non-hydrogen) atoms. The van der Waals surface area contributed by atoms with Crippen molar-refractivity contribution in [2.75, 3.05) is 26.8 Å². The molecule has 0 spiro atoms. The van der Waals surface area contributed by atoms with Gasteiger partial charge in [-0.3, -0.25) is 4.79 Å². The summed E-state index contributed by atoms with van der Waals surface area (Å²) in [6.45, 7) is 2.23. The van der Waals surface area contributed by atoms with Crippen LogP contribution in [0, 0.1) is 0 Å². The molecule has 1 amide bonds. The van der Waals surface area contributed by atoms with Gasteiger partial charge < -0.3 is 9.64 Å². The smallest absolute Gasteiger partial charge is 0.224 e. The zero-order valence-electron chi connectivity index (χ0n) is 11.3. The summed E-state index contributed by atoms with van der Waals surface area (Å²) < 4.78 is 6.14. The molecule has 1 aliphatic heterocycles. The summed E-state index contributed by atoms with van der Waals surface area (Å²) in [4.78, 5) is 13.9. The minimum atomic E-state index is 0.215. The number of carbonyl (C=O) groups is 1. The lowest BCUT2D eigenvalue weighted by Gasteiger charge is -2.32. The van der Waals surface area contributed by atoms with Crippen LogP contribution in [0.1, 0.15) is 30.7 Å². The third-order valence-corrected chi connectivity index (χ3v) is 4.43. The van der Waals surface area contributed by atoms with Crippen molar-refractivity contribution < 1.29 is 9.53 Å². The zero-order valence-corrected chi connectivity index (χ0v) is 12.9. The van der Waals surface area contributed by atoms with Crippen molar-refractivity contribution in [2.24, 2.45) is 0 Å². The van der Waals surface area contributed by atoms with Crippen molar-refractivity contribution in [1.29, 1.82) is 0 Å². The molecular weight excluding hydrogens is 306 g/mol. The molecular formula is C15H20BrNO2. The molecule has 1 aliphatic rings. The number of likely N-dealkylation sites (tertiary alicyclic amines) is 1. The Morgan fingerprint density at radius 2 is 2.05 bits per heavy atom. The molecule has 4 heteroatoms. The van der Waals surface area contributed by atoms with E-state index in [9.17, 15) is 4.79 Å². The Balaban J connectivity index is 1.89. The minimum absolute atomic E-state index is 0.215. The van der Waals surface area contributed by atoms with Crippen LogP contribution in [0.4, 0.5) is 0 Å². The molecule has 0 unspecified atom stereocenters. The number of ether oxygens (including phenoxy) is 1. The molecule has 0 aromatic heterocycles. The van der Waals surface area contributed by atoms with Crippen LogP contribution in [-0.4, -0.2) is 37.6 Å². The fourth-order valence-corrected chi connectivity index (χ4v) is 3.20. The first-order valence-corrected chi connectivity index (χ1v) is 7.53. The van der Waals surface area contributed by atoms with E-state index in [0.717, 1.165) is 25.9 Å². The monoisotopic (exact) mass is 325 g/mol. The maximum atomic E-state index is 11.9. The SMILES string of the molecule is COCCC(=O)N1CCC(c2ccccc2Br)CC1. The van der Waals surface area contributed by atoms with Crippen molar-refractivity contribution in [3.05, 3.63) is 34.3 Å². The van der Waals surface area contributed by atoms with Crippen LogP contribution < -0.4 is 0 Å². The van der Waals surface area contributed by atoms with Crippen LogP contribution in [0.15, 0.2) is 28.7 Å². The largest absolute Gasteiger partial charge is 0.384 e. The number of piperidine rings is 1. The van der Waals surface area contributed by atoms with E-state index < -0.39 is 0 Å². The van der Waals surface area contributed by atoms with Crippen LogP contribution in [0.25, 0.3) is 0 Å². The molecule has 0 bridgehead atoms. The molecule has 1 aromatic rings. The van der Waals surface area contributed by atoms with Crippen LogP contribution in [0.3, 0.4) is 0 Å². The average Bonchev–Trinajstić information content (AvgIpc) is 2.45. The number of methoxy groups -OCH3 is 1. The summed E-state index contributed by atoms with van der Waals surface area (Å²) in [6.07, 6.45) is 2.58. The first kappa shape index (κ1) is 14.5. The van der Waals surface area contributed by atoms with Crippen molar-refractivity contribution in [3.8, 4) is 0 Å². The van der Waals surface area contributed by atoms with Crippen molar-refractivity contribution in [2.45, 2.75) is 25.2 Å². The third kappa shape index (κ3) is 3.80. The molecule has 104 valence electrons. The van der Waals surface area contributed by atoms with Crippen LogP contribution in [-0.2, 0) is 9.53 Å². The summed E-state index contributed by atoms with van der Waals surface area (Å²) in [5, 5.41) is 0. The molecule has 0 atom stereocenters. The predicted octanol–water partition coefficient (Wildman–Crippen LogP) is 3.19. The second kappa shape index (κ2) is 7.06. The lowest BCUT2D eigenvalue weighted by Crippen LogP contribution is -2.38. The fraction of sp³-hybridized carbons (Fsp3) is 0.533. The van der Waals surface area contributed by atoms with Crippen LogP contribution in [0.2, 0.25) is 0 Å². The maximum absolute atomic E-state index is 11.9. The Kier molecular flexibility index (Phi) is 5.40. The third-order valence-electron chi connectivity index (χ3n) is 3.71. The lowest BCUT2D eigenvalue weighted by molar-refractivity contribution is -0.133. The van der Waals surface area contributed by atoms with Crippen molar-refractivity contribution in [1.82, 2.24) is 4.90 Å². The first-order valence-electron chi connectivity index (χ1n) is 6.73. The van der Waals surface area contributed by atoms with E-state index in [1.807, 2.05) is 11.0 Å². The van der Waals surface area contributed by atoms with E-state index in [4.69, 9.17) is 4.74 Å². The molecule has 0 N–H and O–H groups in total. The highest BCUT2D eigenvalue weighted by atomic mass is 79.9. The van der Waals surface area contributed by atoms with Gasteiger partial charge >= 0.3 is 0 Å². The van der Waals surface area contributed by atoms with Gasteiger partial charge in [-0.2, -0.15) is 0 Å². The number of hydrogen-bond donors (Lipinski definition) is 0. The molecule has 0 aliphatic carbocycles. The Morgan fingerprint density at radius 1 is 1.37 bits per heavy atom. The molecule has 1 heterocycles. The van der Waals surface area contributed by atoms with Gasteiger partial charge in [-0.25, -0.2) is 0 Å². The molecule has 0 radical (unpaired) electrons. The molecule has 0 saturated carbocycles. The summed E-state index contributed by atoms with van der Waals surface area (Å²) >= 11 is 3.61. The zero-order chi connectivity index (χ0) is 13.7. The highest BCUT2D eigenvalue weighted by Crippen LogP contribution is 2.32. The van der Waals surface area contributed by atoms with Crippen LogP contribution >= 0.6 is 15.9 Å². The van der Waals surface area contributed by atoms with E-state index in [0.29, 0.717) is 18.9 Å². The maximum Gasteiger partial charge on any atom is 0.224 e. The second-order valence-electron chi connectivity index (χ2n) is 4.92. The van der Waals surface area contributed by atoms with Gasteiger partial charge in [0.25, 0.3) is 0 Å². The van der Waals surface area contributed by atoms with Gasteiger partial charge in [0.2, 0.25) is 5.91 Å². The Bertz CT molecular complexity index is 428. The number of hydrogen-bond acceptors (Lipinski definition) is 2. The Hall–Kier alpha value is -0.870. The van der Waals surface area contributed by atoms with Gasteiger partial charge in [0.05, 0.1) is 13.0 Å². The van der Waals surface area contributed by atoms with Crippen molar-refractivity contribution >= 4 is 21.8 Å². The number of halogens is 1. The predicted molar refractivity (Wildman–Crippen MR) is 79.2 cm³/mol. The number of rotatable bonds is 4. The molecule has 1 saturated heterocycles. The van der Waals surface area contributed by atoms with Gasteiger partial charge in [-0.15, -0.1) is 0 Å². The first-order chi connectivity index (χ1) is 9.22. The Labute approximate surface area is 123 Å². The van der Waals surface area contributed by atoms with E-state index in [1.165, 1.54) is 10.0 Å². The topological polar surface area (TPSA) is 29.5 Å². The van der Waals surface area contributed by atoms with Gasteiger partial charge in [-0.05, 0) is 30.4 Å².